The lowest BCUT2D eigenvalue weighted by molar-refractivity contribution is 0.253. The van der Waals surface area contributed by atoms with E-state index in [4.69, 9.17) is 5.73 Å². The Balaban J connectivity index is 0. The molecule has 7 heteroatoms. The fourth-order valence-corrected chi connectivity index (χ4v) is 2.17. The highest BCUT2D eigenvalue weighted by atomic mass is 35.5. The van der Waals surface area contributed by atoms with Crippen molar-refractivity contribution in [2.75, 3.05) is 19.3 Å². The monoisotopic (exact) mass is 246 g/mol. The zero-order valence-electron chi connectivity index (χ0n) is 8.49. The Morgan fingerprint density at radius 2 is 1.64 bits per heavy atom. The lowest BCUT2D eigenvalue weighted by Crippen LogP contribution is -2.49. The third-order valence-electron chi connectivity index (χ3n) is 2.33. The summed E-state index contributed by atoms with van der Waals surface area (Å²) in [6.07, 6.45) is 2.74. The first kappa shape index (κ1) is 16.5. The van der Waals surface area contributed by atoms with Gasteiger partial charge in [-0.3, -0.25) is 0 Å². The second kappa shape index (κ2) is 5.27. The van der Waals surface area contributed by atoms with Crippen molar-refractivity contribution in [1.29, 1.82) is 0 Å². The molecule has 0 radical (unpaired) electrons. The minimum atomic E-state index is -3.00. The zero-order valence-corrected chi connectivity index (χ0v) is 10.1. The topological polar surface area (TPSA) is 94.9 Å². The van der Waals surface area contributed by atoms with E-state index >= 15 is 0 Å². The van der Waals surface area contributed by atoms with Crippen molar-refractivity contribution in [1.82, 2.24) is 4.31 Å². The van der Waals surface area contributed by atoms with Gasteiger partial charge in [-0.25, -0.2) is 12.7 Å². The Morgan fingerprint density at radius 3 is 1.93 bits per heavy atom. The van der Waals surface area contributed by atoms with E-state index < -0.39 is 10.0 Å². The van der Waals surface area contributed by atoms with Gasteiger partial charge < -0.3 is 11.2 Å². The second-order valence-corrected chi connectivity index (χ2v) is 5.80. The van der Waals surface area contributed by atoms with E-state index in [0.29, 0.717) is 13.1 Å². The van der Waals surface area contributed by atoms with Crippen LogP contribution in [0.2, 0.25) is 0 Å². The van der Waals surface area contributed by atoms with Gasteiger partial charge in [-0.1, -0.05) is 0 Å². The molecule has 1 fully saturated rings. The molecule has 0 spiro atoms. The van der Waals surface area contributed by atoms with Gasteiger partial charge in [0.25, 0.3) is 0 Å². The summed E-state index contributed by atoms with van der Waals surface area (Å²) in [5.74, 6) is 0. The summed E-state index contributed by atoms with van der Waals surface area (Å²) in [6.45, 7) is 3.09. The number of nitrogens with zero attached hydrogens (tertiary/aromatic N) is 1. The van der Waals surface area contributed by atoms with Crippen molar-refractivity contribution in [3.63, 3.8) is 0 Å². The molecule has 1 saturated heterocycles. The van der Waals surface area contributed by atoms with Crippen LogP contribution in [0.3, 0.4) is 0 Å². The smallest absolute Gasteiger partial charge is 0.211 e. The molecule has 0 saturated carbocycles. The van der Waals surface area contributed by atoms with Gasteiger partial charge >= 0.3 is 0 Å². The molecule has 1 aliphatic rings. The van der Waals surface area contributed by atoms with Crippen LogP contribution >= 0.6 is 12.4 Å². The van der Waals surface area contributed by atoms with E-state index in [1.807, 2.05) is 6.92 Å². The molecular formula is C7H19ClN2O3S. The van der Waals surface area contributed by atoms with Gasteiger partial charge in [0.1, 0.15) is 0 Å². The van der Waals surface area contributed by atoms with Crippen molar-refractivity contribution >= 4 is 22.4 Å². The van der Waals surface area contributed by atoms with Crippen molar-refractivity contribution in [2.45, 2.75) is 25.3 Å². The van der Waals surface area contributed by atoms with E-state index in [1.165, 1.54) is 10.6 Å². The summed E-state index contributed by atoms with van der Waals surface area (Å²) in [7, 11) is -3.00. The number of sulfonamides is 1. The van der Waals surface area contributed by atoms with E-state index in [9.17, 15) is 8.42 Å². The molecule has 0 aromatic carbocycles. The predicted molar refractivity (Wildman–Crippen MR) is 59.1 cm³/mol. The molecule has 0 bridgehead atoms. The number of halogens is 1. The first-order valence-electron chi connectivity index (χ1n) is 4.05. The summed E-state index contributed by atoms with van der Waals surface area (Å²) in [4.78, 5) is 0. The maximum absolute atomic E-state index is 11.1. The molecule has 0 unspecified atom stereocenters. The third kappa shape index (κ3) is 4.56. The summed E-state index contributed by atoms with van der Waals surface area (Å²) in [6, 6.07) is 0. The zero-order chi connectivity index (χ0) is 9.41. The highest BCUT2D eigenvalue weighted by Crippen LogP contribution is 2.19. The predicted octanol–water partition coefficient (Wildman–Crippen LogP) is -0.644. The molecule has 1 heterocycles. The molecular weight excluding hydrogens is 228 g/mol. The summed E-state index contributed by atoms with van der Waals surface area (Å²) < 4.78 is 23.7. The number of piperidine rings is 1. The van der Waals surface area contributed by atoms with Gasteiger partial charge in [0.2, 0.25) is 10.0 Å². The van der Waals surface area contributed by atoms with E-state index in [-0.39, 0.29) is 23.4 Å². The lowest BCUT2D eigenvalue weighted by atomic mass is 9.92. The Labute approximate surface area is 91.4 Å². The molecule has 1 aliphatic heterocycles. The van der Waals surface area contributed by atoms with Crippen molar-refractivity contribution in [3.8, 4) is 0 Å². The van der Waals surface area contributed by atoms with Crippen LogP contribution in [-0.2, 0) is 10.0 Å². The lowest BCUT2D eigenvalue weighted by Gasteiger charge is -2.35. The molecule has 88 valence electrons. The summed E-state index contributed by atoms with van der Waals surface area (Å²) in [5, 5.41) is 0. The number of nitrogens with two attached hydrogens (primary N) is 1. The first-order chi connectivity index (χ1) is 5.31. The number of hydrogen-bond donors (Lipinski definition) is 1. The second-order valence-electron chi connectivity index (χ2n) is 3.82. The average Bonchev–Trinajstić information content (AvgIpc) is 1.83. The molecule has 0 aliphatic carbocycles. The third-order valence-corrected chi connectivity index (χ3v) is 3.64. The van der Waals surface area contributed by atoms with Gasteiger partial charge in [0.05, 0.1) is 6.26 Å². The highest BCUT2D eigenvalue weighted by molar-refractivity contribution is 7.88. The minimum Gasteiger partial charge on any atom is -0.412 e. The van der Waals surface area contributed by atoms with Crippen LogP contribution < -0.4 is 5.73 Å². The van der Waals surface area contributed by atoms with Gasteiger partial charge in [-0.05, 0) is 19.8 Å². The van der Waals surface area contributed by atoms with Crippen LogP contribution in [0.15, 0.2) is 0 Å². The fraction of sp³-hybridized carbons (Fsp3) is 1.00. The molecule has 0 aromatic heterocycles. The normalized spacial score (nSPS) is 21.9. The van der Waals surface area contributed by atoms with Gasteiger partial charge in [-0.15, -0.1) is 12.4 Å². The fourth-order valence-electron chi connectivity index (χ4n) is 1.33. The van der Waals surface area contributed by atoms with Crippen molar-refractivity contribution in [2.24, 2.45) is 5.73 Å². The highest BCUT2D eigenvalue weighted by Gasteiger charge is 2.29. The van der Waals surface area contributed by atoms with Crippen molar-refractivity contribution in [3.05, 3.63) is 0 Å². The van der Waals surface area contributed by atoms with Gasteiger partial charge in [0.15, 0.2) is 0 Å². The van der Waals surface area contributed by atoms with Crippen LogP contribution in [0.4, 0.5) is 0 Å². The quantitative estimate of drug-likeness (QED) is 0.667. The standard InChI is InChI=1S/C7H16N2O2S.ClH.H2O/c1-7(8)3-5-9(6-4-7)12(2,10)11;;/h3-6,8H2,1-2H3;1H;1H2. The number of hydrogen-bond acceptors (Lipinski definition) is 3. The van der Waals surface area contributed by atoms with E-state index in [0.717, 1.165) is 12.8 Å². The van der Waals surface area contributed by atoms with Crippen molar-refractivity contribution < 1.29 is 13.9 Å². The van der Waals surface area contributed by atoms with Gasteiger partial charge in [0, 0.05) is 18.6 Å². The molecule has 14 heavy (non-hydrogen) atoms. The SMILES string of the molecule is CC1(N)CCN(S(C)(=O)=O)CC1.Cl.O. The first-order valence-corrected chi connectivity index (χ1v) is 5.90. The molecule has 0 atom stereocenters. The molecule has 0 amide bonds. The average molecular weight is 247 g/mol. The molecule has 5 nitrogen and oxygen atoms in total. The maximum atomic E-state index is 11.1. The Hall–Kier alpha value is 0.120. The van der Waals surface area contributed by atoms with Crippen LogP contribution in [0.1, 0.15) is 19.8 Å². The summed E-state index contributed by atoms with van der Waals surface area (Å²) >= 11 is 0. The van der Waals surface area contributed by atoms with Crippen LogP contribution in [0.5, 0.6) is 0 Å². The molecule has 0 aromatic rings. The summed E-state index contributed by atoms with van der Waals surface area (Å²) in [5.41, 5.74) is 5.68. The van der Waals surface area contributed by atoms with Crippen LogP contribution in [-0.4, -0.2) is 43.1 Å². The maximum Gasteiger partial charge on any atom is 0.211 e. The Kier molecular flexibility index (Phi) is 6.23. The van der Waals surface area contributed by atoms with Gasteiger partial charge in [-0.2, -0.15) is 0 Å². The van der Waals surface area contributed by atoms with Crippen LogP contribution in [0.25, 0.3) is 0 Å². The minimum absolute atomic E-state index is 0. The Morgan fingerprint density at radius 1 is 1.29 bits per heavy atom. The molecule has 1 rings (SSSR count). The van der Waals surface area contributed by atoms with E-state index in [2.05, 4.69) is 0 Å². The largest absolute Gasteiger partial charge is 0.412 e. The number of rotatable bonds is 1. The Bertz CT molecular complexity index is 256. The van der Waals surface area contributed by atoms with E-state index in [1.54, 1.807) is 0 Å². The van der Waals surface area contributed by atoms with Crippen LogP contribution in [0, 0.1) is 0 Å². The molecule has 4 N–H and O–H groups in total.